The number of pyridine rings is 1. The average Bonchev–Trinajstić information content (AvgIpc) is 3.35. The largest absolute Gasteiger partial charge is 0.573 e. The molecule has 3 aromatic heterocycles. The highest BCUT2D eigenvalue weighted by molar-refractivity contribution is 6.03. The van der Waals surface area contributed by atoms with Gasteiger partial charge in [0.2, 0.25) is 5.95 Å². The van der Waals surface area contributed by atoms with Crippen molar-refractivity contribution in [3.05, 3.63) is 78.8 Å². The van der Waals surface area contributed by atoms with Crippen LogP contribution >= 0.6 is 0 Å². The van der Waals surface area contributed by atoms with Crippen molar-refractivity contribution in [1.29, 1.82) is 0 Å². The van der Waals surface area contributed by atoms with E-state index in [1.807, 2.05) is 12.1 Å². The SMILES string of the molecule is O=C(Nc1nc2cc(-c3cccc(OC(F)(F)F)c3)ccc2[nH]1)c1cn2ccccc2n1. The molecule has 2 aromatic carbocycles. The molecule has 2 N–H and O–H groups in total. The first kappa shape index (κ1) is 19.6. The Morgan fingerprint density at radius 2 is 1.84 bits per heavy atom. The van der Waals surface area contributed by atoms with E-state index in [-0.39, 0.29) is 17.4 Å². The van der Waals surface area contributed by atoms with E-state index < -0.39 is 12.3 Å². The lowest BCUT2D eigenvalue weighted by atomic mass is 10.0. The lowest BCUT2D eigenvalue weighted by Gasteiger charge is -2.10. The number of rotatable bonds is 4. The van der Waals surface area contributed by atoms with Crippen LogP contribution in [0.15, 0.2) is 73.1 Å². The number of H-pyrrole nitrogens is 1. The Morgan fingerprint density at radius 1 is 1.00 bits per heavy atom. The van der Waals surface area contributed by atoms with E-state index in [1.54, 1.807) is 47.1 Å². The number of hydrogen-bond acceptors (Lipinski definition) is 4. The molecular formula is C22H14F3N5O2. The molecule has 32 heavy (non-hydrogen) atoms. The molecule has 7 nitrogen and oxygen atoms in total. The zero-order valence-electron chi connectivity index (χ0n) is 16.2. The summed E-state index contributed by atoms with van der Waals surface area (Å²) >= 11 is 0. The van der Waals surface area contributed by atoms with Crippen LogP contribution in [0.4, 0.5) is 19.1 Å². The fourth-order valence-electron chi connectivity index (χ4n) is 3.33. The number of carbonyl (C=O) groups is 1. The van der Waals surface area contributed by atoms with Gasteiger partial charge < -0.3 is 14.1 Å². The van der Waals surface area contributed by atoms with Crippen LogP contribution in [0.5, 0.6) is 5.75 Å². The summed E-state index contributed by atoms with van der Waals surface area (Å²) in [7, 11) is 0. The smallest absolute Gasteiger partial charge is 0.406 e. The Kier molecular flexibility index (Phi) is 4.54. The number of benzene rings is 2. The molecule has 160 valence electrons. The number of alkyl halides is 3. The number of halogens is 3. The number of anilines is 1. The van der Waals surface area contributed by atoms with Crippen LogP contribution in [0.1, 0.15) is 10.5 Å². The Hall–Kier alpha value is -4.34. The predicted octanol–water partition coefficient (Wildman–Crippen LogP) is 5.03. The highest BCUT2D eigenvalue weighted by atomic mass is 19.4. The number of hydrogen-bond donors (Lipinski definition) is 2. The van der Waals surface area contributed by atoms with Crippen LogP contribution in [-0.2, 0) is 0 Å². The summed E-state index contributed by atoms with van der Waals surface area (Å²) in [6.07, 6.45) is -1.36. The molecule has 0 radical (unpaired) electrons. The highest BCUT2D eigenvalue weighted by Crippen LogP contribution is 2.29. The summed E-state index contributed by atoms with van der Waals surface area (Å²) in [4.78, 5) is 24.2. The Bertz CT molecular complexity index is 1420. The van der Waals surface area contributed by atoms with Gasteiger partial charge >= 0.3 is 6.36 Å². The van der Waals surface area contributed by atoms with Gasteiger partial charge in [-0.15, -0.1) is 13.2 Å². The maximum Gasteiger partial charge on any atom is 0.573 e. The number of amides is 1. The van der Waals surface area contributed by atoms with E-state index in [0.717, 1.165) is 0 Å². The second-order valence-corrected chi connectivity index (χ2v) is 6.94. The quantitative estimate of drug-likeness (QED) is 0.413. The van der Waals surface area contributed by atoms with E-state index >= 15 is 0 Å². The van der Waals surface area contributed by atoms with E-state index in [2.05, 4.69) is 25.0 Å². The summed E-state index contributed by atoms with van der Waals surface area (Å²) in [6.45, 7) is 0. The molecule has 5 aromatic rings. The molecule has 0 atom stereocenters. The summed E-state index contributed by atoms with van der Waals surface area (Å²) in [6, 6.07) is 16.3. The zero-order chi connectivity index (χ0) is 22.3. The molecule has 5 rings (SSSR count). The first-order chi connectivity index (χ1) is 15.3. The van der Waals surface area contributed by atoms with Crippen LogP contribution < -0.4 is 10.1 Å². The van der Waals surface area contributed by atoms with Gasteiger partial charge in [-0.3, -0.25) is 10.1 Å². The molecule has 0 unspecified atom stereocenters. The molecule has 1 amide bonds. The normalized spacial score (nSPS) is 11.7. The fraction of sp³-hybridized carbons (Fsp3) is 0.0455. The summed E-state index contributed by atoms with van der Waals surface area (Å²) in [5, 5.41) is 2.68. The van der Waals surface area contributed by atoms with Crippen molar-refractivity contribution in [2.24, 2.45) is 0 Å². The van der Waals surface area contributed by atoms with E-state index in [4.69, 9.17) is 0 Å². The standard InChI is InChI=1S/C22H14F3N5O2/c23-22(24,25)32-15-5-3-4-13(10-15)14-7-8-16-17(11-14)28-21(27-16)29-20(31)18-12-30-9-2-1-6-19(30)26-18/h1-12H,(H2,27,28,29,31). The van der Waals surface area contributed by atoms with Crippen molar-refractivity contribution in [3.8, 4) is 16.9 Å². The molecule has 0 saturated heterocycles. The molecule has 10 heteroatoms. The van der Waals surface area contributed by atoms with Crippen LogP contribution in [0.2, 0.25) is 0 Å². The third-order valence-electron chi connectivity index (χ3n) is 4.71. The lowest BCUT2D eigenvalue weighted by molar-refractivity contribution is -0.274. The summed E-state index contributed by atoms with van der Waals surface area (Å²) in [5.74, 6) is -0.504. The van der Waals surface area contributed by atoms with E-state index in [1.165, 1.54) is 18.2 Å². The molecule has 0 aliphatic rings. The number of nitrogens with one attached hydrogen (secondary N) is 2. The average molecular weight is 437 g/mol. The van der Waals surface area contributed by atoms with Crippen molar-refractivity contribution in [3.63, 3.8) is 0 Å². The van der Waals surface area contributed by atoms with Crippen LogP contribution in [-0.4, -0.2) is 31.6 Å². The molecule has 0 aliphatic carbocycles. The van der Waals surface area contributed by atoms with Crippen molar-refractivity contribution < 1.29 is 22.7 Å². The molecular weight excluding hydrogens is 423 g/mol. The predicted molar refractivity (Wildman–Crippen MR) is 111 cm³/mol. The number of aromatic nitrogens is 4. The Labute approximate surface area is 178 Å². The van der Waals surface area contributed by atoms with Gasteiger partial charge in [-0.05, 0) is 47.5 Å². The van der Waals surface area contributed by atoms with E-state index in [0.29, 0.717) is 27.8 Å². The minimum absolute atomic E-state index is 0.230. The molecule has 0 aliphatic heterocycles. The van der Waals surface area contributed by atoms with Crippen LogP contribution in [0, 0.1) is 0 Å². The lowest BCUT2D eigenvalue weighted by Crippen LogP contribution is -2.17. The second-order valence-electron chi connectivity index (χ2n) is 6.94. The number of aromatic amines is 1. The van der Waals surface area contributed by atoms with Gasteiger partial charge in [0.15, 0.2) is 0 Å². The molecule has 0 spiro atoms. The third-order valence-corrected chi connectivity index (χ3v) is 4.71. The number of ether oxygens (including phenoxy) is 1. The summed E-state index contributed by atoms with van der Waals surface area (Å²) in [5.41, 5.74) is 3.25. The first-order valence-corrected chi connectivity index (χ1v) is 9.45. The van der Waals surface area contributed by atoms with Crippen LogP contribution in [0.3, 0.4) is 0 Å². The van der Waals surface area contributed by atoms with Gasteiger partial charge in [0.1, 0.15) is 17.1 Å². The Balaban J connectivity index is 1.39. The summed E-state index contributed by atoms with van der Waals surface area (Å²) < 4.78 is 43.2. The molecule has 0 bridgehead atoms. The van der Waals surface area contributed by atoms with E-state index in [9.17, 15) is 18.0 Å². The maximum atomic E-state index is 12.5. The molecule has 0 fully saturated rings. The minimum atomic E-state index is -4.77. The Morgan fingerprint density at radius 3 is 2.66 bits per heavy atom. The zero-order valence-corrected chi connectivity index (χ0v) is 16.2. The van der Waals surface area contributed by atoms with Gasteiger partial charge in [-0.1, -0.05) is 24.3 Å². The van der Waals surface area contributed by atoms with Gasteiger partial charge in [0.25, 0.3) is 5.91 Å². The number of imidazole rings is 2. The number of fused-ring (bicyclic) bond motifs is 2. The first-order valence-electron chi connectivity index (χ1n) is 9.45. The van der Waals surface area contributed by atoms with Crippen LogP contribution in [0.25, 0.3) is 27.8 Å². The van der Waals surface area contributed by atoms with Gasteiger partial charge in [0.05, 0.1) is 11.0 Å². The molecule has 0 saturated carbocycles. The van der Waals surface area contributed by atoms with Gasteiger partial charge in [-0.25, -0.2) is 9.97 Å². The van der Waals surface area contributed by atoms with Gasteiger partial charge in [0, 0.05) is 12.4 Å². The number of nitrogens with zero attached hydrogens (tertiary/aromatic N) is 3. The van der Waals surface area contributed by atoms with Crippen molar-refractivity contribution in [2.75, 3.05) is 5.32 Å². The van der Waals surface area contributed by atoms with Crippen molar-refractivity contribution in [1.82, 2.24) is 19.4 Å². The maximum absolute atomic E-state index is 12.5. The third kappa shape index (κ3) is 3.97. The minimum Gasteiger partial charge on any atom is -0.406 e. The molecule has 3 heterocycles. The monoisotopic (exact) mass is 437 g/mol. The van der Waals surface area contributed by atoms with Crippen molar-refractivity contribution in [2.45, 2.75) is 6.36 Å². The second kappa shape index (κ2) is 7.41. The number of carbonyl (C=O) groups excluding carboxylic acids is 1. The fourth-order valence-corrected chi connectivity index (χ4v) is 3.33. The van der Waals surface area contributed by atoms with Gasteiger partial charge in [-0.2, -0.15) is 0 Å². The van der Waals surface area contributed by atoms with Crippen molar-refractivity contribution >= 4 is 28.5 Å². The highest BCUT2D eigenvalue weighted by Gasteiger charge is 2.31. The topological polar surface area (TPSA) is 84.3 Å².